The standard InChI is InChI=1S/C28H27F3N6O3S/c1-16-14-37(15-17(2)40-16)26-10-20(29)9-25(36-26)23-7-6-19-12-33-21(11-24(19)35-23)13-34-27(38)18-4-3-5-22(8-18)41(32,39)28(30)31/h3-12,16-17,28,32H,13-15H2,1-2H3,(H,34,38)/t16-,17+,41?. The zero-order chi connectivity index (χ0) is 29.3. The van der Waals surface area contributed by atoms with Gasteiger partial charge in [0, 0.05) is 42.4 Å². The third-order valence-electron chi connectivity index (χ3n) is 6.54. The van der Waals surface area contributed by atoms with Gasteiger partial charge in [0.1, 0.15) is 21.4 Å². The normalized spacial score (nSPS) is 18.8. The van der Waals surface area contributed by atoms with Crippen molar-refractivity contribution in [3.63, 3.8) is 0 Å². The number of morpholine rings is 1. The molecule has 1 aliphatic rings. The number of aromatic nitrogens is 3. The Bertz CT molecular complexity index is 1710. The zero-order valence-electron chi connectivity index (χ0n) is 22.2. The van der Waals surface area contributed by atoms with Crippen LogP contribution in [0.1, 0.15) is 29.9 Å². The summed E-state index contributed by atoms with van der Waals surface area (Å²) in [6, 6.07) is 12.8. The van der Waals surface area contributed by atoms with Crippen molar-refractivity contribution < 1.29 is 26.9 Å². The van der Waals surface area contributed by atoms with Crippen LogP contribution in [0, 0.1) is 10.6 Å². The number of fused-ring (bicyclic) bond motifs is 1. The maximum Gasteiger partial charge on any atom is 0.323 e. The molecule has 1 aliphatic heterocycles. The molecule has 3 atom stereocenters. The first-order chi connectivity index (χ1) is 19.5. The Labute approximate surface area is 234 Å². The van der Waals surface area contributed by atoms with Crippen LogP contribution in [0.2, 0.25) is 0 Å². The number of anilines is 1. The number of nitrogens with one attached hydrogen (secondary N) is 2. The van der Waals surface area contributed by atoms with Crippen molar-refractivity contribution in [3.8, 4) is 11.4 Å². The molecule has 5 rings (SSSR count). The maximum atomic E-state index is 14.6. The average Bonchev–Trinajstić information content (AvgIpc) is 2.94. The lowest BCUT2D eigenvalue weighted by molar-refractivity contribution is -0.00547. The summed E-state index contributed by atoms with van der Waals surface area (Å²) in [6.45, 7) is 5.09. The van der Waals surface area contributed by atoms with Crippen molar-refractivity contribution in [3.05, 3.63) is 77.9 Å². The van der Waals surface area contributed by atoms with Gasteiger partial charge in [-0.1, -0.05) is 6.07 Å². The third kappa shape index (κ3) is 6.30. The maximum absolute atomic E-state index is 14.6. The van der Waals surface area contributed by atoms with E-state index in [2.05, 4.69) is 20.3 Å². The SMILES string of the molecule is C[C@@H]1CN(c2cc(F)cc(-c3ccc4cnc(CNC(=O)c5cccc(S(=N)(=O)C(F)F)c5)cc4n3)n2)C[C@H](C)O1. The highest BCUT2D eigenvalue weighted by molar-refractivity contribution is 7.92. The van der Waals surface area contributed by atoms with Crippen LogP contribution in [-0.4, -0.2) is 56.1 Å². The van der Waals surface area contributed by atoms with Gasteiger partial charge in [-0.3, -0.25) is 9.78 Å². The first-order valence-electron chi connectivity index (χ1n) is 12.8. The summed E-state index contributed by atoms with van der Waals surface area (Å²) < 4.78 is 65.9. The molecule has 41 heavy (non-hydrogen) atoms. The Balaban J connectivity index is 1.35. The molecule has 1 unspecified atom stereocenters. The number of hydrogen-bond acceptors (Lipinski definition) is 8. The van der Waals surface area contributed by atoms with Gasteiger partial charge in [-0.05, 0) is 50.2 Å². The quantitative estimate of drug-likeness (QED) is 0.314. The van der Waals surface area contributed by atoms with Crippen LogP contribution < -0.4 is 10.2 Å². The highest BCUT2D eigenvalue weighted by Crippen LogP contribution is 2.26. The fraction of sp³-hybridized carbons (Fsp3) is 0.286. The lowest BCUT2D eigenvalue weighted by atomic mass is 10.1. The predicted molar refractivity (Wildman–Crippen MR) is 148 cm³/mol. The van der Waals surface area contributed by atoms with Gasteiger partial charge in [-0.15, -0.1) is 0 Å². The van der Waals surface area contributed by atoms with E-state index in [0.717, 1.165) is 17.5 Å². The number of benzene rings is 1. The van der Waals surface area contributed by atoms with Gasteiger partial charge in [-0.2, -0.15) is 8.78 Å². The molecule has 2 N–H and O–H groups in total. The Morgan fingerprint density at radius 1 is 1.10 bits per heavy atom. The smallest absolute Gasteiger partial charge is 0.323 e. The highest BCUT2D eigenvalue weighted by atomic mass is 32.2. The summed E-state index contributed by atoms with van der Waals surface area (Å²) in [5.74, 6) is -3.92. The van der Waals surface area contributed by atoms with E-state index in [1.54, 1.807) is 24.4 Å². The second kappa shape index (κ2) is 11.4. The molecule has 4 aromatic rings. The van der Waals surface area contributed by atoms with Crippen LogP contribution in [0.4, 0.5) is 19.0 Å². The Morgan fingerprint density at radius 2 is 1.85 bits per heavy atom. The second-order valence-corrected chi connectivity index (χ2v) is 11.9. The number of ether oxygens (including phenoxy) is 1. The lowest BCUT2D eigenvalue weighted by Gasteiger charge is -2.36. The highest BCUT2D eigenvalue weighted by Gasteiger charge is 2.25. The molecule has 0 aliphatic carbocycles. The van der Waals surface area contributed by atoms with Gasteiger partial charge >= 0.3 is 5.76 Å². The molecule has 0 saturated carbocycles. The van der Waals surface area contributed by atoms with Gasteiger partial charge in [0.25, 0.3) is 5.91 Å². The summed E-state index contributed by atoms with van der Waals surface area (Å²) >= 11 is 0. The second-order valence-electron chi connectivity index (χ2n) is 9.83. The average molecular weight is 585 g/mol. The van der Waals surface area contributed by atoms with Crippen LogP contribution >= 0.6 is 0 Å². The number of carbonyl (C=O) groups is 1. The van der Waals surface area contributed by atoms with Gasteiger partial charge in [0.2, 0.25) is 0 Å². The number of alkyl halides is 2. The Kier molecular flexibility index (Phi) is 7.91. The largest absolute Gasteiger partial charge is 0.372 e. The number of nitrogens with zero attached hydrogens (tertiary/aromatic N) is 4. The van der Waals surface area contributed by atoms with Gasteiger partial charge < -0.3 is 15.0 Å². The van der Waals surface area contributed by atoms with Crippen molar-refractivity contribution in [2.45, 2.75) is 43.3 Å². The summed E-state index contributed by atoms with van der Waals surface area (Å²) in [4.78, 5) is 27.9. The number of rotatable bonds is 7. The molecule has 3 aromatic heterocycles. The number of halogens is 3. The number of pyridine rings is 3. The van der Waals surface area contributed by atoms with Crippen LogP contribution in [0.3, 0.4) is 0 Å². The summed E-state index contributed by atoms with van der Waals surface area (Å²) in [7, 11) is -4.34. The van der Waals surface area contributed by atoms with Crippen LogP contribution in [-0.2, 0) is 21.0 Å². The van der Waals surface area contributed by atoms with Crippen LogP contribution in [0.25, 0.3) is 22.3 Å². The molecule has 0 spiro atoms. The molecule has 0 bridgehead atoms. The molecule has 9 nitrogen and oxygen atoms in total. The first-order valence-corrected chi connectivity index (χ1v) is 14.4. The summed E-state index contributed by atoms with van der Waals surface area (Å²) in [6.07, 6.45) is 1.56. The molecular formula is C28H27F3N6O3S. The third-order valence-corrected chi connectivity index (χ3v) is 8.00. The number of amides is 1. The number of hydrogen-bond donors (Lipinski definition) is 2. The van der Waals surface area contributed by atoms with Gasteiger partial charge in [-0.25, -0.2) is 23.3 Å². The van der Waals surface area contributed by atoms with Gasteiger partial charge in [0.05, 0.1) is 46.2 Å². The zero-order valence-corrected chi connectivity index (χ0v) is 23.0. The van der Waals surface area contributed by atoms with E-state index in [1.165, 1.54) is 24.3 Å². The van der Waals surface area contributed by atoms with Crippen LogP contribution in [0.5, 0.6) is 0 Å². The molecule has 1 amide bonds. The first kappa shape index (κ1) is 28.4. The topological polar surface area (TPSA) is 121 Å². The fourth-order valence-corrected chi connectivity index (χ4v) is 5.43. The van der Waals surface area contributed by atoms with Crippen molar-refractivity contribution in [1.82, 2.24) is 20.3 Å². The molecule has 4 heterocycles. The molecule has 1 aromatic carbocycles. The van der Waals surface area contributed by atoms with E-state index >= 15 is 0 Å². The summed E-state index contributed by atoms with van der Waals surface area (Å²) in [5, 5.41) is 3.37. The van der Waals surface area contributed by atoms with Crippen molar-refractivity contribution in [1.29, 1.82) is 4.78 Å². The van der Waals surface area contributed by atoms with E-state index in [-0.39, 0.29) is 24.3 Å². The molecular weight excluding hydrogens is 557 g/mol. The Morgan fingerprint density at radius 3 is 2.59 bits per heavy atom. The lowest BCUT2D eigenvalue weighted by Crippen LogP contribution is -2.45. The summed E-state index contributed by atoms with van der Waals surface area (Å²) in [5.41, 5.74) is 1.84. The monoisotopic (exact) mass is 584 g/mol. The van der Waals surface area contributed by atoms with E-state index in [0.29, 0.717) is 41.5 Å². The van der Waals surface area contributed by atoms with Crippen molar-refractivity contribution in [2.75, 3.05) is 18.0 Å². The minimum atomic E-state index is -4.34. The van der Waals surface area contributed by atoms with E-state index < -0.39 is 32.1 Å². The minimum absolute atomic E-state index is 0.00817. The molecule has 0 radical (unpaired) electrons. The van der Waals surface area contributed by atoms with Crippen molar-refractivity contribution in [2.24, 2.45) is 0 Å². The van der Waals surface area contributed by atoms with E-state index in [9.17, 15) is 22.2 Å². The van der Waals surface area contributed by atoms with Crippen molar-refractivity contribution >= 4 is 32.4 Å². The minimum Gasteiger partial charge on any atom is -0.372 e. The number of carbonyl (C=O) groups excluding carboxylic acids is 1. The Hall–Kier alpha value is -4.10. The van der Waals surface area contributed by atoms with Crippen LogP contribution in [0.15, 0.2) is 65.7 Å². The predicted octanol–water partition coefficient (Wildman–Crippen LogP) is 5.00. The molecule has 214 valence electrons. The molecule has 13 heteroatoms. The fourth-order valence-electron chi connectivity index (χ4n) is 4.64. The van der Waals surface area contributed by atoms with E-state index in [1.807, 2.05) is 18.7 Å². The molecule has 1 fully saturated rings. The van der Waals surface area contributed by atoms with Gasteiger partial charge in [0.15, 0.2) is 0 Å². The van der Waals surface area contributed by atoms with E-state index in [4.69, 9.17) is 9.52 Å². The molecule has 1 saturated heterocycles.